The summed E-state index contributed by atoms with van der Waals surface area (Å²) >= 11 is 1.69. The molecule has 0 aliphatic heterocycles. The summed E-state index contributed by atoms with van der Waals surface area (Å²) in [5.41, 5.74) is 1.90. The van der Waals surface area contributed by atoms with Gasteiger partial charge in [-0.15, -0.1) is 11.3 Å². The number of hydrogen-bond donors (Lipinski definition) is 2. The van der Waals surface area contributed by atoms with Crippen LogP contribution >= 0.6 is 11.3 Å². The zero-order valence-corrected chi connectivity index (χ0v) is 10.1. The first-order chi connectivity index (χ1) is 7.65. The Hall–Kier alpha value is -1.55. The molecule has 2 aromatic rings. The molecule has 2 N–H and O–H groups in total. The number of phenolic OH excluding ortho intramolecular Hbond substituents is 1. The lowest BCUT2D eigenvalue weighted by Crippen LogP contribution is -1.97. The Kier molecular flexibility index (Phi) is 3.10. The van der Waals surface area contributed by atoms with Crippen molar-refractivity contribution in [1.82, 2.24) is 4.98 Å². The molecule has 0 radical (unpaired) electrons. The highest BCUT2D eigenvalue weighted by Crippen LogP contribution is 2.21. The van der Waals surface area contributed by atoms with E-state index in [1.807, 2.05) is 32.2 Å². The number of aromatic nitrogens is 1. The van der Waals surface area contributed by atoms with Gasteiger partial charge in [0.2, 0.25) is 0 Å². The maximum absolute atomic E-state index is 9.40. The first-order valence-electron chi connectivity index (χ1n) is 5.10. The molecule has 0 fully saturated rings. The molecule has 0 saturated carbocycles. The molecule has 84 valence electrons. The monoisotopic (exact) mass is 234 g/mol. The van der Waals surface area contributed by atoms with Crippen molar-refractivity contribution in [3.8, 4) is 5.75 Å². The highest BCUT2D eigenvalue weighted by Gasteiger charge is 2.00. The second-order valence-corrected chi connectivity index (χ2v) is 5.02. The van der Waals surface area contributed by atoms with E-state index in [-0.39, 0.29) is 0 Å². The Balaban J connectivity index is 2.02. The summed E-state index contributed by atoms with van der Waals surface area (Å²) in [5.74, 6) is 0.333. The Bertz CT molecular complexity index is 494. The Labute approximate surface area is 98.8 Å². The molecule has 2 rings (SSSR count). The molecule has 0 bridgehead atoms. The van der Waals surface area contributed by atoms with Gasteiger partial charge in [-0.1, -0.05) is 0 Å². The molecule has 0 aliphatic rings. The van der Waals surface area contributed by atoms with Gasteiger partial charge < -0.3 is 10.4 Å². The van der Waals surface area contributed by atoms with E-state index in [2.05, 4.69) is 10.3 Å². The van der Waals surface area contributed by atoms with E-state index >= 15 is 0 Å². The smallest absolute Gasteiger partial charge is 0.118 e. The molecular formula is C12H14N2OS. The molecule has 1 aromatic carbocycles. The van der Waals surface area contributed by atoms with Crippen LogP contribution in [0.5, 0.6) is 5.75 Å². The van der Waals surface area contributed by atoms with Gasteiger partial charge in [-0.25, -0.2) is 4.98 Å². The minimum absolute atomic E-state index is 0.333. The highest BCUT2D eigenvalue weighted by molar-refractivity contribution is 7.11. The van der Waals surface area contributed by atoms with Gasteiger partial charge >= 0.3 is 0 Å². The lowest BCUT2D eigenvalue weighted by atomic mass is 10.2. The average Bonchev–Trinajstić information content (AvgIpc) is 2.66. The normalized spacial score (nSPS) is 10.4. The Morgan fingerprint density at radius 1 is 1.38 bits per heavy atom. The van der Waals surface area contributed by atoms with Crippen molar-refractivity contribution in [2.45, 2.75) is 20.4 Å². The summed E-state index contributed by atoms with van der Waals surface area (Å²) in [6.07, 6.45) is 1.89. The van der Waals surface area contributed by atoms with Crippen LogP contribution in [0.3, 0.4) is 0 Å². The fraction of sp³-hybridized carbons (Fsp3) is 0.250. The Morgan fingerprint density at radius 2 is 2.19 bits per heavy atom. The molecule has 0 spiro atoms. The first kappa shape index (κ1) is 11.0. The minimum Gasteiger partial charge on any atom is -0.508 e. The van der Waals surface area contributed by atoms with E-state index in [1.165, 1.54) is 4.88 Å². The van der Waals surface area contributed by atoms with Crippen LogP contribution in [-0.4, -0.2) is 10.1 Å². The predicted octanol–water partition coefficient (Wildman–Crippen LogP) is 3.08. The quantitative estimate of drug-likeness (QED) is 0.802. The SMILES string of the molecule is Cc1ncc(CNc2ccc(O)c(C)c2)s1. The number of aromatic hydroxyl groups is 1. The molecule has 3 nitrogen and oxygen atoms in total. The number of phenols is 1. The molecule has 4 heteroatoms. The molecular weight excluding hydrogens is 220 g/mol. The second-order valence-electron chi connectivity index (χ2n) is 3.70. The van der Waals surface area contributed by atoms with Gasteiger partial charge in [0.25, 0.3) is 0 Å². The second kappa shape index (κ2) is 4.53. The van der Waals surface area contributed by atoms with E-state index in [9.17, 15) is 5.11 Å². The van der Waals surface area contributed by atoms with Crippen molar-refractivity contribution in [2.24, 2.45) is 0 Å². The van der Waals surface area contributed by atoms with Crippen molar-refractivity contribution >= 4 is 17.0 Å². The fourth-order valence-corrected chi connectivity index (χ4v) is 2.18. The van der Waals surface area contributed by atoms with Crippen molar-refractivity contribution < 1.29 is 5.11 Å². The topological polar surface area (TPSA) is 45.2 Å². The van der Waals surface area contributed by atoms with Gasteiger partial charge in [0.15, 0.2) is 0 Å². The largest absolute Gasteiger partial charge is 0.508 e. The maximum atomic E-state index is 9.40. The minimum atomic E-state index is 0.333. The average molecular weight is 234 g/mol. The molecule has 0 saturated heterocycles. The van der Waals surface area contributed by atoms with Crippen LogP contribution in [-0.2, 0) is 6.54 Å². The molecule has 1 aromatic heterocycles. The molecule has 0 amide bonds. The number of thiazole rings is 1. The van der Waals surface area contributed by atoms with Gasteiger partial charge in [0.05, 0.1) is 11.6 Å². The van der Waals surface area contributed by atoms with Crippen molar-refractivity contribution in [2.75, 3.05) is 5.32 Å². The molecule has 16 heavy (non-hydrogen) atoms. The number of nitrogens with one attached hydrogen (secondary N) is 1. The number of anilines is 1. The number of benzene rings is 1. The molecule has 1 heterocycles. The van der Waals surface area contributed by atoms with Gasteiger partial charge in [-0.05, 0) is 37.6 Å². The summed E-state index contributed by atoms with van der Waals surface area (Å²) in [6, 6.07) is 5.51. The van der Waals surface area contributed by atoms with E-state index in [0.29, 0.717) is 5.75 Å². The zero-order valence-electron chi connectivity index (χ0n) is 9.32. The van der Waals surface area contributed by atoms with Crippen molar-refractivity contribution in [1.29, 1.82) is 0 Å². The van der Waals surface area contributed by atoms with Crippen LogP contribution in [0.2, 0.25) is 0 Å². The number of aryl methyl sites for hydroxylation is 2. The third-order valence-electron chi connectivity index (χ3n) is 2.33. The number of rotatable bonds is 3. The molecule has 0 unspecified atom stereocenters. The predicted molar refractivity (Wildman–Crippen MR) is 67.0 cm³/mol. The molecule has 0 aliphatic carbocycles. The number of hydrogen-bond acceptors (Lipinski definition) is 4. The highest BCUT2D eigenvalue weighted by atomic mass is 32.1. The van der Waals surface area contributed by atoms with Crippen LogP contribution < -0.4 is 5.32 Å². The first-order valence-corrected chi connectivity index (χ1v) is 5.91. The van der Waals surface area contributed by atoms with E-state index < -0.39 is 0 Å². The van der Waals surface area contributed by atoms with Crippen LogP contribution in [0.4, 0.5) is 5.69 Å². The van der Waals surface area contributed by atoms with E-state index in [1.54, 1.807) is 17.4 Å². The third-order valence-corrected chi connectivity index (χ3v) is 3.25. The number of nitrogens with zero attached hydrogens (tertiary/aromatic N) is 1. The summed E-state index contributed by atoms with van der Waals surface area (Å²) in [4.78, 5) is 5.41. The summed E-state index contributed by atoms with van der Waals surface area (Å²) < 4.78 is 0. The van der Waals surface area contributed by atoms with Crippen LogP contribution in [0, 0.1) is 13.8 Å². The standard InChI is InChI=1S/C12H14N2OS/c1-8-5-10(3-4-12(8)15)14-7-11-6-13-9(2)16-11/h3-6,14-15H,7H2,1-2H3. The van der Waals surface area contributed by atoms with Gasteiger partial charge in [-0.3, -0.25) is 0 Å². The van der Waals surface area contributed by atoms with Crippen LogP contribution in [0.1, 0.15) is 15.4 Å². The summed E-state index contributed by atoms with van der Waals surface area (Å²) in [7, 11) is 0. The van der Waals surface area contributed by atoms with Crippen molar-refractivity contribution in [3.05, 3.63) is 39.8 Å². The van der Waals surface area contributed by atoms with E-state index in [0.717, 1.165) is 22.8 Å². The van der Waals surface area contributed by atoms with Crippen LogP contribution in [0.15, 0.2) is 24.4 Å². The van der Waals surface area contributed by atoms with Gasteiger partial charge in [-0.2, -0.15) is 0 Å². The summed E-state index contributed by atoms with van der Waals surface area (Å²) in [5, 5.41) is 13.8. The summed E-state index contributed by atoms with van der Waals surface area (Å²) in [6.45, 7) is 4.66. The van der Waals surface area contributed by atoms with Crippen LogP contribution in [0.25, 0.3) is 0 Å². The lowest BCUT2D eigenvalue weighted by molar-refractivity contribution is 0.471. The maximum Gasteiger partial charge on any atom is 0.118 e. The lowest BCUT2D eigenvalue weighted by Gasteiger charge is -2.06. The Morgan fingerprint density at radius 3 is 2.81 bits per heavy atom. The zero-order chi connectivity index (χ0) is 11.5. The van der Waals surface area contributed by atoms with Gasteiger partial charge in [0.1, 0.15) is 5.75 Å². The van der Waals surface area contributed by atoms with Crippen molar-refractivity contribution in [3.63, 3.8) is 0 Å². The van der Waals surface area contributed by atoms with E-state index in [4.69, 9.17) is 0 Å². The van der Waals surface area contributed by atoms with Gasteiger partial charge in [0, 0.05) is 16.8 Å². The molecule has 0 atom stereocenters. The third kappa shape index (κ3) is 2.52. The fourth-order valence-electron chi connectivity index (χ4n) is 1.44.